The predicted molar refractivity (Wildman–Crippen MR) is 75.1 cm³/mol. The average Bonchev–Trinajstić information content (AvgIpc) is 2.42. The highest BCUT2D eigenvalue weighted by atomic mass is 79.9. The molecule has 0 unspecified atom stereocenters. The van der Waals surface area contributed by atoms with Crippen molar-refractivity contribution in [3.63, 3.8) is 0 Å². The van der Waals surface area contributed by atoms with Crippen molar-refractivity contribution < 1.29 is 4.74 Å². The molecule has 3 N–H and O–H groups in total. The molecule has 0 aliphatic carbocycles. The zero-order valence-electron chi connectivity index (χ0n) is 10.0. The Labute approximate surface area is 118 Å². The fourth-order valence-electron chi connectivity index (χ4n) is 1.49. The van der Waals surface area contributed by atoms with Gasteiger partial charge in [0.15, 0.2) is 5.82 Å². The summed E-state index contributed by atoms with van der Waals surface area (Å²) in [7, 11) is 1.48. The molecule has 1 aromatic carbocycles. The lowest BCUT2D eigenvalue weighted by Gasteiger charge is -2.11. The summed E-state index contributed by atoms with van der Waals surface area (Å²) in [4.78, 5) is 7.92. The van der Waals surface area contributed by atoms with Crippen molar-refractivity contribution >= 4 is 33.1 Å². The van der Waals surface area contributed by atoms with Crippen LogP contribution in [0.4, 0.5) is 17.2 Å². The van der Waals surface area contributed by atoms with Crippen LogP contribution < -0.4 is 15.8 Å². The quantitative estimate of drug-likeness (QED) is 0.901. The van der Waals surface area contributed by atoms with Crippen LogP contribution in [0.2, 0.25) is 0 Å². The van der Waals surface area contributed by atoms with Gasteiger partial charge in [-0.3, -0.25) is 0 Å². The lowest BCUT2D eigenvalue weighted by molar-refractivity contribution is 0.399. The van der Waals surface area contributed by atoms with Gasteiger partial charge in [-0.25, -0.2) is 4.98 Å². The number of nitrogens with zero attached hydrogens (tertiary/aromatic N) is 3. The molecule has 0 amide bonds. The van der Waals surface area contributed by atoms with Crippen LogP contribution in [-0.4, -0.2) is 17.1 Å². The number of anilines is 3. The van der Waals surface area contributed by atoms with Crippen LogP contribution in [0.1, 0.15) is 5.56 Å². The number of aromatic nitrogens is 2. The fourth-order valence-corrected chi connectivity index (χ4v) is 1.85. The number of halogens is 1. The van der Waals surface area contributed by atoms with Crippen LogP contribution >= 0.6 is 15.9 Å². The lowest BCUT2D eigenvalue weighted by atomic mass is 10.2. The highest BCUT2D eigenvalue weighted by molar-refractivity contribution is 9.10. The van der Waals surface area contributed by atoms with Gasteiger partial charge in [-0.15, -0.1) is 0 Å². The molecule has 0 atom stereocenters. The topological polar surface area (TPSA) is 96.9 Å². The number of nitriles is 1. The third-order valence-electron chi connectivity index (χ3n) is 2.40. The van der Waals surface area contributed by atoms with Crippen LogP contribution in [0, 0.1) is 11.3 Å². The Morgan fingerprint density at radius 3 is 2.89 bits per heavy atom. The largest absolute Gasteiger partial charge is 0.479 e. The van der Waals surface area contributed by atoms with E-state index in [-0.39, 0.29) is 11.6 Å². The molecular formula is C12H10BrN5O. The third kappa shape index (κ3) is 2.74. The van der Waals surface area contributed by atoms with E-state index in [0.29, 0.717) is 17.1 Å². The Morgan fingerprint density at radius 1 is 1.42 bits per heavy atom. The number of ether oxygens (including phenoxy) is 1. The Kier molecular flexibility index (Phi) is 3.82. The lowest BCUT2D eigenvalue weighted by Crippen LogP contribution is -2.04. The first-order chi connectivity index (χ1) is 9.15. The van der Waals surface area contributed by atoms with Gasteiger partial charge in [0.25, 0.3) is 0 Å². The maximum absolute atomic E-state index is 9.09. The minimum atomic E-state index is 0.285. The molecule has 0 fully saturated rings. The molecule has 0 radical (unpaired) electrons. The maximum Gasteiger partial charge on any atom is 0.242 e. The van der Waals surface area contributed by atoms with Crippen molar-refractivity contribution in [1.29, 1.82) is 5.26 Å². The molecule has 0 saturated heterocycles. The number of hydrogen-bond acceptors (Lipinski definition) is 6. The second-order valence-electron chi connectivity index (χ2n) is 3.57. The van der Waals surface area contributed by atoms with Crippen LogP contribution in [0.5, 0.6) is 5.88 Å². The van der Waals surface area contributed by atoms with E-state index in [1.807, 2.05) is 6.07 Å². The summed E-state index contributed by atoms with van der Waals surface area (Å²) >= 11 is 3.31. The van der Waals surface area contributed by atoms with Crippen molar-refractivity contribution in [3.8, 4) is 11.9 Å². The third-order valence-corrected chi connectivity index (χ3v) is 2.89. The van der Waals surface area contributed by atoms with E-state index < -0.39 is 0 Å². The van der Waals surface area contributed by atoms with Crippen LogP contribution in [0.15, 0.2) is 29.0 Å². The molecule has 6 nitrogen and oxygen atoms in total. The van der Waals surface area contributed by atoms with Gasteiger partial charge in [-0.1, -0.05) is 15.9 Å². The molecule has 1 heterocycles. The van der Waals surface area contributed by atoms with Crippen molar-refractivity contribution in [3.05, 3.63) is 34.6 Å². The highest BCUT2D eigenvalue weighted by Gasteiger charge is 2.10. The molecule has 2 rings (SSSR count). The van der Waals surface area contributed by atoms with Crippen molar-refractivity contribution in [2.45, 2.75) is 0 Å². The number of methoxy groups -OCH3 is 1. The van der Waals surface area contributed by atoms with E-state index in [4.69, 9.17) is 15.7 Å². The zero-order valence-corrected chi connectivity index (χ0v) is 11.6. The summed E-state index contributed by atoms with van der Waals surface area (Å²) in [5, 5.41) is 12.1. The first kappa shape index (κ1) is 13.1. The van der Waals surface area contributed by atoms with Gasteiger partial charge in [0, 0.05) is 4.47 Å². The summed E-state index contributed by atoms with van der Waals surface area (Å²) in [6.45, 7) is 0. The number of nitrogens with one attached hydrogen (secondary N) is 1. The van der Waals surface area contributed by atoms with Gasteiger partial charge in [-0.2, -0.15) is 10.2 Å². The highest BCUT2D eigenvalue weighted by Crippen LogP contribution is 2.29. The van der Waals surface area contributed by atoms with E-state index in [1.165, 1.54) is 13.4 Å². The Morgan fingerprint density at radius 2 is 2.21 bits per heavy atom. The second kappa shape index (κ2) is 5.54. The van der Waals surface area contributed by atoms with Crippen LogP contribution in [0.25, 0.3) is 0 Å². The Balaban J connectivity index is 2.40. The van der Waals surface area contributed by atoms with Crippen molar-refractivity contribution in [1.82, 2.24) is 9.97 Å². The molecule has 0 saturated carbocycles. The SMILES string of the molecule is COc1ncnc(Nc2ccc(Br)cc2C#N)c1N. The molecule has 2 aromatic rings. The number of nitrogen functional groups attached to an aromatic ring is 1. The first-order valence-corrected chi connectivity index (χ1v) is 6.06. The Bertz CT molecular complexity index is 653. The smallest absolute Gasteiger partial charge is 0.242 e. The van der Waals surface area contributed by atoms with E-state index in [0.717, 1.165) is 4.47 Å². The number of nitrogens with two attached hydrogens (primary N) is 1. The molecule has 0 aliphatic heterocycles. The molecule has 0 bridgehead atoms. The monoisotopic (exact) mass is 319 g/mol. The van der Waals surface area contributed by atoms with E-state index in [1.54, 1.807) is 12.1 Å². The normalized spacial score (nSPS) is 9.74. The fraction of sp³-hybridized carbons (Fsp3) is 0.0833. The van der Waals surface area contributed by atoms with Crippen molar-refractivity contribution in [2.24, 2.45) is 0 Å². The van der Waals surface area contributed by atoms with E-state index in [2.05, 4.69) is 37.3 Å². The molecule has 96 valence electrons. The second-order valence-corrected chi connectivity index (χ2v) is 4.49. The summed E-state index contributed by atoms with van der Waals surface area (Å²) in [5.74, 6) is 0.679. The number of hydrogen-bond donors (Lipinski definition) is 2. The minimum absolute atomic E-state index is 0.285. The van der Waals surface area contributed by atoms with Crippen molar-refractivity contribution in [2.75, 3.05) is 18.2 Å². The predicted octanol–water partition coefficient (Wildman–Crippen LogP) is 2.45. The molecule has 0 aliphatic rings. The minimum Gasteiger partial charge on any atom is -0.479 e. The summed E-state index contributed by atoms with van der Waals surface area (Å²) in [6, 6.07) is 7.38. The van der Waals surface area contributed by atoms with Gasteiger partial charge >= 0.3 is 0 Å². The maximum atomic E-state index is 9.09. The molecule has 0 spiro atoms. The van der Waals surface area contributed by atoms with Crippen LogP contribution in [0.3, 0.4) is 0 Å². The number of rotatable bonds is 3. The zero-order chi connectivity index (χ0) is 13.8. The standard InChI is InChI=1S/C12H10BrN5O/c1-19-12-10(15)11(16-6-17-12)18-9-3-2-8(13)4-7(9)5-14/h2-4,6H,15H2,1H3,(H,16,17,18). The van der Waals surface area contributed by atoms with E-state index >= 15 is 0 Å². The summed E-state index contributed by atoms with van der Waals surface area (Å²) in [6.07, 6.45) is 1.34. The summed E-state index contributed by atoms with van der Waals surface area (Å²) < 4.78 is 5.83. The molecular weight excluding hydrogens is 310 g/mol. The van der Waals surface area contributed by atoms with E-state index in [9.17, 15) is 0 Å². The summed E-state index contributed by atoms with van der Waals surface area (Å²) in [5.41, 5.74) is 7.23. The Hall–Kier alpha value is -2.33. The molecule has 7 heteroatoms. The van der Waals surface area contributed by atoms with Gasteiger partial charge in [0.1, 0.15) is 18.1 Å². The van der Waals surface area contributed by atoms with Gasteiger partial charge < -0.3 is 15.8 Å². The van der Waals surface area contributed by atoms with Crippen LogP contribution in [-0.2, 0) is 0 Å². The first-order valence-electron chi connectivity index (χ1n) is 5.27. The molecule has 19 heavy (non-hydrogen) atoms. The van der Waals surface area contributed by atoms with Gasteiger partial charge in [0.05, 0.1) is 18.4 Å². The van der Waals surface area contributed by atoms with Gasteiger partial charge in [-0.05, 0) is 18.2 Å². The molecule has 1 aromatic heterocycles. The average molecular weight is 320 g/mol. The van der Waals surface area contributed by atoms with Gasteiger partial charge in [0.2, 0.25) is 5.88 Å². The number of benzene rings is 1.